The number of benzene rings is 2. The van der Waals surface area contributed by atoms with E-state index in [1.165, 1.54) is 21.3 Å². The van der Waals surface area contributed by atoms with Crippen LogP contribution in [0.3, 0.4) is 0 Å². The number of anilines is 2. The Morgan fingerprint density at radius 2 is 1.67 bits per heavy atom. The van der Waals surface area contributed by atoms with Gasteiger partial charge in [0.15, 0.2) is 5.71 Å². The highest BCUT2D eigenvalue weighted by Crippen LogP contribution is 2.45. The summed E-state index contributed by atoms with van der Waals surface area (Å²) in [6.45, 7) is 0. The Labute approximate surface area is 155 Å². The molecule has 138 valence electrons. The number of hydrogen-bond donors (Lipinski definition) is 2. The van der Waals surface area contributed by atoms with Crippen molar-refractivity contribution in [3.05, 3.63) is 47.5 Å². The van der Waals surface area contributed by atoms with Gasteiger partial charge in [-0.1, -0.05) is 0 Å². The number of fused-ring (bicyclic) bond motifs is 3. The molecule has 2 heterocycles. The summed E-state index contributed by atoms with van der Waals surface area (Å²) in [5.41, 5.74) is 0.770. The maximum absolute atomic E-state index is 12.9. The summed E-state index contributed by atoms with van der Waals surface area (Å²) >= 11 is 0. The highest BCUT2D eigenvalue weighted by Gasteiger charge is 2.51. The topological polar surface area (TPSA) is 98.3 Å². The van der Waals surface area contributed by atoms with E-state index in [1.807, 2.05) is 0 Å². The smallest absolute Gasteiger partial charge is 0.357 e. The van der Waals surface area contributed by atoms with Gasteiger partial charge in [0.25, 0.3) is 5.91 Å². The number of methoxy groups -OCH3 is 3. The first-order valence-electron chi connectivity index (χ1n) is 8.17. The van der Waals surface area contributed by atoms with Crippen LogP contribution >= 0.6 is 0 Å². The quantitative estimate of drug-likeness (QED) is 0.804. The van der Waals surface area contributed by atoms with E-state index in [4.69, 9.17) is 14.2 Å². The van der Waals surface area contributed by atoms with Crippen molar-refractivity contribution in [2.75, 3.05) is 32.0 Å². The lowest BCUT2D eigenvalue weighted by molar-refractivity contribution is -0.132. The zero-order valence-electron chi connectivity index (χ0n) is 15.0. The van der Waals surface area contributed by atoms with E-state index in [1.54, 1.807) is 36.4 Å². The van der Waals surface area contributed by atoms with Gasteiger partial charge in [0.1, 0.15) is 11.5 Å². The number of aliphatic imine (C=N–C) groups is 1. The first kappa shape index (κ1) is 16.9. The van der Waals surface area contributed by atoms with Crippen LogP contribution in [0.1, 0.15) is 11.1 Å². The molecule has 27 heavy (non-hydrogen) atoms. The molecule has 4 rings (SSSR count). The molecule has 0 fully saturated rings. The molecule has 0 radical (unpaired) electrons. The predicted molar refractivity (Wildman–Crippen MR) is 98.5 cm³/mol. The molecule has 2 N–H and O–H groups in total. The van der Waals surface area contributed by atoms with Gasteiger partial charge in [-0.2, -0.15) is 0 Å². The van der Waals surface area contributed by atoms with E-state index in [2.05, 4.69) is 15.6 Å². The molecule has 8 nitrogen and oxygen atoms in total. The minimum absolute atomic E-state index is 0.0379. The number of carbonyl (C=O) groups is 2. The zero-order chi connectivity index (χ0) is 19.2. The third kappa shape index (κ3) is 2.41. The maximum atomic E-state index is 12.9. The van der Waals surface area contributed by atoms with E-state index in [9.17, 15) is 9.59 Å². The van der Waals surface area contributed by atoms with Crippen molar-refractivity contribution >= 4 is 29.0 Å². The van der Waals surface area contributed by atoms with Crippen LogP contribution in [0, 0.1) is 0 Å². The average Bonchev–Trinajstić information content (AvgIpc) is 2.96. The van der Waals surface area contributed by atoms with Crippen molar-refractivity contribution in [1.82, 2.24) is 0 Å². The highest BCUT2D eigenvalue weighted by molar-refractivity contribution is 6.45. The van der Waals surface area contributed by atoms with Crippen LogP contribution in [0.25, 0.3) is 0 Å². The molecule has 2 aliphatic heterocycles. The Bertz CT molecular complexity index is 1000. The fraction of sp³-hybridized carbons (Fsp3) is 0.211. The van der Waals surface area contributed by atoms with Crippen LogP contribution in [-0.2, 0) is 20.0 Å². The number of esters is 1. The first-order valence-corrected chi connectivity index (χ1v) is 8.17. The van der Waals surface area contributed by atoms with E-state index in [0.29, 0.717) is 34.0 Å². The number of nitrogens with zero attached hydrogens (tertiary/aromatic N) is 1. The number of hydrogen-bond acceptors (Lipinski definition) is 7. The normalized spacial score (nSPS) is 19.4. The van der Waals surface area contributed by atoms with Crippen LogP contribution in [0.2, 0.25) is 0 Å². The van der Waals surface area contributed by atoms with Crippen LogP contribution in [0.4, 0.5) is 11.4 Å². The molecule has 1 spiro atoms. The average molecular weight is 367 g/mol. The largest absolute Gasteiger partial charge is 0.497 e. The Balaban J connectivity index is 1.96. The van der Waals surface area contributed by atoms with E-state index < -0.39 is 17.5 Å². The minimum atomic E-state index is -1.49. The number of amides is 1. The third-order valence-corrected chi connectivity index (χ3v) is 4.65. The molecule has 1 atom stereocenters. The standard InChI is InChI=1S/C19H17N3O5/c1-25-10-4-6-14-12(8-10)16(17(23)27-3)22-19(21-14)13-9-11(26-2)5-7-15(13)20-18(19)24/h4-9,21H,1-3H3,(H,20,24). The van der Waals surface area contributed by atoms with Crippen LogP contribution < -0.4 is 20.1 Å². The van der Waals surface area contributed by atoms with Gasteiger partial charge in [0.2, 0.25) is 5.66 Å². The molecule has 8 heteroatoms. The molecule has 1 amide bonds. The maximum Gasteiger partial charge on any atom is 0.357 e. The summed E-state index contributed by atoms with van der Waals surface area (Å²) in [5, 5.41) is 5.97. The molecule has 0 bridgehead atoms. The summed E-state index contributed by atoms with van der Waals surface area (Å²) in [5.74, 6) is 0.0889. The fourth-order valence-electron chi connectivity index (χ4n) is 3.29. The van der Waals surface area contributed by atoms with E-state index in [0.717, 1.165) is 0 Å². The molecule has 0 saturated carbocycles. The lowest BCUT2D eigenvalue weighted by Gasteiger charge is -2.32. The summed E-state index contributed by atoms with van der Waals surface area (Å²) in [6, 6.07) is 10.3. The molecule has 2 aromatic carbocycles. The highest BCUT2D eigenvalue weighted by atomic mass is 16.5. The molecule has 0 saturated heterocycles. The molecule has 2 aliphatic rings. The first-order chi connectivity index (χ1) is 13.0. The van der Waals surface area contributed by atoms with Crippen molar-refractivity contribution < 1.29 is 23.8 Å². The number of carbonyl (C=O) groups excluding carboxylic acids is 2. The SMILES string of the molecule is COC(=O)C1=NC2(Nc3ccc(OC)cc31)C(=O)Nc1ccc(OC)cc12. The van der Waals surface area contributed by atoms with E-state index >= 15 is 0 Å². The second-order valence-corrected chi connectivity index (χ2v) is 6.06. The van der Waals surface area contributed by atoms with Crippen molar-refractivity contribution in [3.63, 3.8) is 0 Å². The van der Waals surface area contributed by atoms with Crippen LogP contribution in [0.5, 0.6) is 11.5 Å². The number of nitrogens with one attached hydrogen (secondary N) is 2. The predicted octanol–water partition coefficient (Wildman–Crippen LogP) is 1.90. The summed E-state index contributed by atoms with van der Waals surface area (Å²) < 4.78 is 15.4. The van der Waals surface area contributed by atoms with Crippen molar-refractivity contribution in [3.8, 4) is 11.5 Å². The van der Waals surface area contributed by atoms with Gasteiger partial charge in [0.05, 0.1) is 21.3 Å². The lowest BCUT2D eigenvalue weighted by atomic mass is 9.95. The Morgan fingerprint density at radius 1 is 1.00 bits per heavy atom. The monoisotopic (exact) mass is 367 g/mol. The molecular weight excluding hydrogens is 350 g/mol. The van der Waals surface area contributed by atoms with Gasteiger partial charge in [-0.15, -0.1) is 0 Å². The van der Waals surface area contributed by atoms with Gasteiger partial charge in [-0.05, 0) is 36.4 Å². The Kier molecular flexibility index (Phi) is 3.76. The van der Waals surface area contributed by atoms with Crippen molar-refractivity contribution in [2.24, 2.45) is 4.99 Å². The molecule has 0 aromatic heterocycles. The molecule has 1 unspecified atom stereocenters. The summed E-state index contributed by atoms with van der Waals surface area (Å²) in [4.78, 5) is 29.8. The molecular formula is C19H17N3O5. The van der Waals surface area contributed by atoms with Gasteiger partial charge < -0.3 is 24.8 Å². The zero-order valence-corrected chi connectivity index (χ0v) is 15.0. The Morgan fingerprint density at radius 3 is 2.33 bits per heavy atom. The second kappa shape index (κ2) is 6.01. The number of rotatable bonds is 3. The van der Waals surface area contributed by atoms with Gasteiger partial charge >= 0.3 is 5.97 Å². The van der Waals surface area contributed by atoms with Gasteiger partial charge in [-0.3, -0.25) is 4.79 Å². The summed E-state index contributed by atoms with van der Waals surface area (Å²) in [6.07, 6.45) is 0. The Hall–Kier alpha value is -3.55. The van der Waals surface area contributed by atoms with Crippen molar-refractivity contribution in [1.29, 1.82) is 0 Å². The van der Waals surface area contributed by atoms with Gasteiger partial charge in [-0.25, -0.2) is 9.79 Å². The van der Waals surface area contributed by atoms with Crippen LogP contribution in [-0.4, -0.2) is 38.9 Å². The molecule has 2 aromatic rings. The van der Waals surface area contributed by atoms with Crippen molar-refractivity contribution in [2.45, 2.75) is 5.66 Å². The lowest BCUT2D eigenvalue weighted by Crippen LogP contribution is -2.45. The minimum Gasteiger partial charge on any atom is -0.497 e. The molecule has 0 aliphatic carbocycles. The van der Waals surface area contributed by atoms with Crippen LogP contribution in [0.15, 0.2) is 41.4 Å². The fourth-order valence-corrected chi connectivity index (χ4v) is 3.29. The number of ether oxygens (including phenoxy) is 3. The van der Waals surface area contributed by atoms with Gasteiger partial charge in [0, 0.05) is 22.5 Å². The second-order valence-electron chi connectivity index (χ2n) is 6.06. The third-order valence-electron chi connectivity index (χ3n) is 4.65. The van der Waals surface area contributed by atoms with E-state index in [-0.39, 0.29) is 5.71 Å². The summed E-state index contributed by atoms with van der Waals surface area (Å²) in [7, 11) is 4.34.